The molecule has 1 aromatic heterocycles. The van der Waals surface area contributed by atoms with Crippen molar-refractivity contribution in [3.63, 3.8) is 0 Å². The van der Waals surface area contributed by atoms with E-state index in [1.54, 1.807) is 12.1 Å². The van der Waals surface area contributed by atoms with Gasteiger partial charge in [0.1, 0.15) is 11.6 Å². The molecule has 1 aromatic carbocycles. The van der Waals surface area contributed by atoms with Crippen LogP contribution in [-0.4, -0.2) is 21.2 Å². The number of aromatic nitrogens is 2. The third kappa shape index (κ3) is 3.74. The smallest absolute Gasteiger partial charge is 0.134 e. The number of rotatable bonds is 7. The molecule has 0 spiro atoms. The Balaban J connectivity index is 1.73. The second-order valence-corrected chi connectivity index (χ2v) is 5.05. The van der Waals surface area contributed by atoms with Gasteiger partial charge in [-0.05, 0) is 24.6 Å². The minimum atomic E-state index is 0.136. The highest BCUT2D eigenvalue weighted by molar-refractivity contribution is 6.32. The minimum Gasteiger partial charge on any atom is -0.506 e. The van der Waals surface area contributed by atoms with Gasteiger partial charge in [0, 0.05) is 31.9 Å². The van der Waals surface area contributed by atoms with Gasteiger partial charge in [-0.2, -0.15) is 0 Å². The van der Waals surface area contributed by atoms with E-state index in [2.05, 4.69) is 21.8 Å². The van der Waals surface area contributed by atoms with E-state index < -0.39 is 0 Å². The molecule has 20 heavy (non-hydrogen) atoms. The fourth-order valence-corrected chi connectivity index (χ4v) is 2.35. The zero-order chi connectivity index (χ0) is 14.4. The monoisotopic (exact) mass is 293 g/mol. The van der Waals surface area contributed by atoms with Crippen molar-refractivity contribution < 1.29 is 5.11 Å². The second-order valence-electron chi connectivity index (χ2n) is 4.67. The van der Waals surface area contributed by atoms with Crippen LogP contribution in [0.15, 0.2) is 30.6 Å². The Kier molecular flexibility index (Phi) is 5.44. The van der Waals surface area contributed by atoms with Crippen LogP contribution in [0.4, 0.5) is 0 Å². The van der Waals surface area contributed by atoms with Crippen molar-refractivity contribution in [3.8, 4) is 5.75 Å². The van der Waals surface area contributed by atoms with Gasteiger partial charge in [-0.3, -0.25) is 0 Å². The number of nitrogens with zero attached hydrogens (tertiary/aromatic N) is 2. The normalized spacial score (nSPS) is 10.9. The standard InChI is InChI=1S/C15H20ClN3O/c1-2-14-18-8-10-19(14)9-4-7-17-11-12-5-3-6-13(20)15(12)16/h3,5-6,8,10,17,20H,2,4,7,9,11H2,1H3. The first-order valence-corrected chi connectivity index (χ1v) is 7.27. The summed E-state index contributed by atoms with van der Waals surface area (Å²) >= 11 is 6.02. The van der Waals surface area contributed by atoms with Crippen molar-refractivity contribution in [1.82, 2.24) is 14.9 Å². The van der Waals surface area contributed by atoms with E-state index in [9.17, 15) is 5.11 Å². The number of phenolic OH excluding ortho intramolecular Hbond substituents is 1. The van der Waals surface area contributed by atoms with Crippen molar-refractivity contribution in [2.75, 3.05) is 6.54 Å². The zero-order valence-corrected chi connectivity index (χ0v) is 12.4. The van der Waals surface area contributed by atoms with Crippen LogP contribution in [0.3, 0.4) is 0 Å². The fraction of sp³-hybridized carbons (Fsp3) is 0.400. The van der Waals surface area contributed by atoms with Gasteiger partial charge in [0.25, 0.3) is 0 Å². The van der Waals surface area contributed by atoms with Gasteiger partial charge in [0.2, 0.25) is 0 Å². The number of halogens is 1. The maximum absolute atomic E-state index is 9.52. The van der Waals surface area contributed by atoms with E-state index in [0.717, 1.165) is 37.3 Å². The van der Waals surface area contributed by atoms with Gasteiger partial charge in [-0.25, -0.2) is 4.98 Å². The maximum Gasteiger partial charge on any atom is 0.134 e. The molecule has 0 radical (unpaired) electrons. The van der Waals surface area contributed by atoms with Gasteiger partial charge >= 0.3 is 0 Å². The lowest BCUT2D eigenvalue weighted by Gasteiger charge is -2.09. The molecule has 0 fully saturated rings. The summed E-state index contributed by atoms with van der Waals surface area (Å²) in [5.41, 5.74) is 0.920. The summed E-state index contributed by atoms with van der Waals surface area (Å²) in [7, 11) is 0. The molecular formula is C15H20ClN3O. The number of phenols is 1. The Hall–Kier alpha value is -1.52. The summed E-state index contributed by atoms with van der Waals surface area (Å²) in [6.45, 7) is 4.63. The van der Waals surface area contributed by atoms with Crippen LogP contribution in [0.25, 0.3) is 0 Å². The first-order chi connectivity index (χ1) is 9.72. The lowest BCUT2D eigenvalue weighted by molar-refractivity contribution is 0.474. The van der Waals surface area contributed by atoms with Gasteiger partial charge in [-0.1, -0.05) is 30.7 Å². The Morgan fingerprint density at radius 3 is 3.05 bits per heavy atom. The molecular weight excluding hydrogens is 274 g/mol. The molecule has 0 atom stereocenters. The van der Waals surface area contributed by atoms with Crippen molar-refractivity contribution in [2.45, 2.75) is 32.9 Å². The van der Waals surface area contributed by atoms with Crippen molar-refractivity contribution in [2.24, 2.45) is 0 Å². The van der Waals surface area contributed by atoms with Crippen LogP contribution in [-0.2, 0) is 19.5 Å². The molecule has 0 aliphatic rings. The average Bonchev–Trinajstić information content (AvgIpc) is 2.90. The zero-order valence-electron chi connectivity index (χ0n) is 11.6. The Bertz CT molecular complexity index is 554. The molecule has 108 valence electrons. The molecule has 0 saturated carbocycles. The second kappa shape index (κ2) is 7.31. The summed E-state index contributed by atoms with van der Waals surface area (Å²) in [6.07, 6.45) is 5.85. The Labute approximate surface area is 124 Å². The number of aryl methyl sites for hydroxylation is 2. The summed E-state index contributed by atoms with van der Waals surface area (Å²) in [5.74, 6) is 1.26. The topological polar surface area (TPSA) is 50.1 Å². The van der Waals surface area contributed by atoms with Crippen molar-refractivity contribution in [1.29, 1.82) is 0 Å². The summed E-state index contributed by atoms with van der Waals surface area (Å²) in [6, 6.07) is 5.31. The van der Waals surface area contributed by atoms with E-state index in [-0.39, 0.29) is 5.75 Å². The van der Waals surface area contributed by atoms with Crippen molar-refractivity contribution >= 4 is 11.6 Å². The fourth-order valence-electron chi connectivity index (χ4n) is 2.16. The summed E-state index contributed by atoms with van der Waals surface area (Å²) in [5, 5.41) is 13.3. The molecule has 0 aliphatic carbocycles. The SMILES string of the molecule is CCc1nccn1CCCNCc1cccc(O)c1Cl. The molecule has 4 nitrogen and oxygen atoms in total. The first-order valence-electron chi connectivity index (χ1n) is 6.89. The number of imidazole rings is 1. The van der Waals surface area contributed by atoms with E-state index in [1.807, 2.05) is 18.5 Å². The number of nitrogens with one attached hydrogen (secondary N) is 1. The van der Waals surface area contributed by atoms with E-state index in [1.165, 1.54) is 0 Å². The molecule has 0 bridgehead atoms. The predicted octanol–water partition coefficient (Wildman–Crippen LogP) is 2.98. The molecule has 2 N–H and O–H groups in total. The highest BCUT2D eigenvalue weighted by atomic mass is 35.5. The van der Waals surface area contributed by atoms with Crippen LogP contribution in [0.2, 0.25) is 5.02 Å². The van der Waals surface area contributed by atoms with Crippen LogP contribution in [0.1, 0.15) is 24.7 Å². The van der Waals surface area contributed by atoms with Gasteiger partial charge < -0.3 is 15.0 Å². The molecule has 1 heterocycles. The Morgan fingerprint density at radius 1 is 1.40 bits per heavy atom. The largest absolute Gasteiger partial charge is 0.506 e. The van der Waals surface area contributed by atoms with Gasteiger partial charge in [-0.15, -0.1) is 0 Å². The van der Waals surface area contributed by atoms with Crippen LogP contribution in [0, 0.1) is 0 Å². The molecule has 0 aliphatic heterocycles. The highest BCUT2D eigenvalue weighted by Gasteiger charge is 2.04. The summed E-state index contributed by atoms with van der Waals surface area (Å²) in [4.78, 5) is 4.30. The van der Waals surface area contributed by atoms with Crippen LogP contribution >= 0.6 is 11.6 Å². The minimum absolute atomic E-state index is 0.136. The van der Waals surface area contributed by atoms with E-state index in [4.69, 9.17) is 11.6 Å². The Morgan fingerprint density at radius 2 is 2.25 bits per heavy atom. The molecule has 2 rings (SSSR count). The maximum atomic E-state index is 9.52. The van der Waals surface area contributed by atoms with Gasteiger partial charge in [0.15, 0.2) is 0 Å². The van der Waals surface area contributed by atoms with E-state index >= 15 is 0 Å². The van der Waals surface area contributed by atoms with Crippen LogP contribution < -0.4 is 5.32 Å². The molecule has 0 saturated heterocycles. The third-order valence-corrected chi connectivity index (χ3v) is 3.68. The number of hydrogen-bond donors (Lipinski definition) is 2. The van der Waals surface area contributed by atoms with Gasteiger partial charge in [0.05, 0.1) is 5.02 Å². The third-order valence-electron chi connectivity index (χ3n) is 3.24. The molecule has 0 amide bonds. The predicted molar refractivity (Wildman–Crippen MR) is 81.0 cm³/mol. The van der Waals surface area contributed by atoms with Crippen molar-refractivity contribution in [3.05, 3.63) is 47.0 Å². The highest BCUT2D eigenvalue weighted by Crippen LogP contribution is 2.26. The quantitative estimate of drug-likeness (QED) is 0.772. The van der Waals surface area contributed by atoms with E-state index in [0.29, 0.717) is 11.6 Å². The lowest BCUT2D eigenvalue weighted by atomic mass is 10.2. The van der Waals surface area contributed by atoms with Crippen LogP contribution in [0.5, 0.6) is 5.75 Å². The summed E-state index contributed by atoms with van der Waals surface area (Å²) < 4.78 is 2.18. The average molecular weight is 294 g/mol. The molecule has 5 heteroatoms. The lowest BCUT2D eigenvalue weighted by Crippen LogP contribution is -2.17. The molecule has 2 aromatic rings. The number of hydrogen-bond acceptors (Lipinski definition) is 3. The molecule has 0 unspecified atom stereocenters. The number of aromatic hydroxyl groups is 1. The number of benzene rings is 1. The first kappa shape index (κ1) is 14.9.